The summed E-state index contributed by atoms with van der Waals surface area (Å²) in [5.74, 6) is 1.35. The minimum absolute atomic E-state index is 0.0917. The molecule has 1 aromatic carbocycles. The maximum Gasteiger partial charge on any atom is 0.231 e. The second kappa shape index (κ2) is 10.4. The Labute approximate surface area is 178 Å². The molecule has 2 rings (SSSR count). The zero-order chi connectivity index (χ0) is 21.4. The molecule has 2 amide bonds. The number of anilines is 1. The third-order valence-electron chi connectivity index (χ3n) is 3.82. The van der Waals surface area contributed by atoms with E-state index in [-0.39, 0.29) is 17.6 Å². The Morgan fingerprint density at radius 1 is 1.14 bits per heavy atom. The van der Waals surface area contributed by atoms with E-state index in [0.717, 1.165) is 5.56 Å². The summed E-state index contributed by atoms with van der Waals surface area (Å²) in [5, 5.41) is 14.0. The molecule has 10 heteroatoms. The van der Waals surface area contributed by atoms with Crippen molar-refractivity contribution >= 4 is 40.0 Å². The number of aromatic nitrogens is 2. The summed E-state index contributed by atoms with van der Waals surface area (Å²) in [6.07, 6.45) is 0.679. The number of carbonyl (C=O) groups is 2. The van der Waals surface area contributed by atoms with Gasteiger partial charge in [0.25, 0.3) is 0 Å². The Bertz CT molecular complexity index is 849. The van der Waals surface area contributed by atoms with Gasteiger partial charge >= 0.3 is 0 Å². The Morgan fingerprint density at radius 3 is 2.52 bits per heavy atom. The molecule has 0 fully saturated rings. The molecule has 1 heterocycles. The number of nitrogens with zero attached hydrogens (tertiary/aromatic N) is 2. The monoisotopic (exact) mass is 438 g/mol. The topological polar surface area (TPSA) is 102 Å². The quantitative estimate of drug-likeness (QED) is 0.458. The van der Waals surface area contributed by atoms with Crippen LogP contribution in [0.25, 0.3) is 0 Å². The van der Waals surface area contributed by atoms with E-state index in [1.165, 1.54) is 23.1 Å². The van der Waals surface area contributed by atoms with E-state index in [0.29, 0.717) is 33.9 Å². The van der Waals surface area contributed by atoms with Crippen LogP contribution >= 0.6 is 23.1 Å². The van der Waals surface area contributed by atoms with Crippen molar-refractivity contribution in [1.82, 2.24) is 15.5 Å². The summed E-state index contributed by atoms with van der Waals surface area (Å²) in [4.78, 5) is 24.0. The Balaban J connectivity index is 1.74. The van der Waals surface area contributed by atoms with Crippen molar-refractivity contribution in [3.8, 4) is 11.5 Å². The van der Waals surface area contributed by atoms with Gasteiger partial charge in [-0.3, -0.25) is 9.59 Å². The van der Waals surface area contributed by atoms with Gasteiger partial charge in [-0.1, -0.05) is 49.9 Å². The molecule has 0 saturated carbocycles. The van der Waals surface area contributed by atoms with E-state index < -0.39 is 5.41 Å². The minimum atomic E-state index is -0.507. The highest BCUT2D eigenvalue weighted by atomic mass is 32.2. The first-order valence-corrected chi connectivity index (χ1v) is 10.8. The predicted octanol–water partition coefficient (Wildman–Crippen LogP) is 2.99. The molecule has 29 heavy (non-hydrogen) atoms. The molecular weight excluding hydrogens is 412 g/mol. The fraction of sp³-hybridized carbons (Fsp3) is 0.474. The molecule has 0 aliphatic carbocycles. The first-order valence-electron chi connectivity index (χ1n) is 8.98. The molecule has 0 aliphatic heterocycles. The van der Waals surface area contributed by atoms with Crippen LogP contribution in [0.4, 0.5) is 5.13 Å². The maximum absolute atomic E-state index is 12.1. The lowest BCUT2D eigenvalue weighted by molar-refractivity contribution is -0.123. The summed E-state index contributed by atoms with van der Waals surface area (Å²) in [5.41, 5.74) is 0.534. The highest BCUT2D eigenvalue weighted by molar-refractivity contribution is 8.01. The molecule has 0 bridgehead atoms. The van der Waals surface area contributed by atoms with Gasteiger partial charge in [0.2, 0.25) is 16.9 Å². The zero-order valence-electron chi connectivity index (χ0n) is 17.2. The Morgan fingerprint density at radius 2 is 1.86 bits per heavy atom. The highest BCUT2D eigenvalue weighted by Gasteiger charge is 2.22. The number of nitrogens with one attached hydrogen (secondary N) is 2. The number of thioether (sulfide) groups is 1. The number of amides is 2. The van der Waals surface area contributed by atoms with Crippen LogP contribution in [0, 0.1) is 5.41 Å². The van der Waals surface area contributed by atoms with Crippen LogP contribution in [0.2, 0.25) is 0 Å². The molecule has 0 aliphatic rings. The van der Waals surface area contributed by atoms with Crippen molar-refractivity contribution in [3.05, 3.63) is 23.8 Å². The molecule has 8 nitrogen and oxygen atoms in total. The normalized spacial score (nSPS) is 11.1. The van der Waals surface area contributed by atoms with E-state index in [2.05, 4.69) is 20.8 Å². The molecule has 2 aromatic rings. The molecule has 0 saturated heterocycles. The van der Waals surface area contributed by atoms with Gasteiger partial charge in [0.1, 0.15) is 0 Å². The number of rotatable bonds is 9. The number of hydrogen-bond donors (Lipinski definition) is 2. The predicted molar refractivity (Wildman–Crippen MR) is 115 cm³/mol. The van der Waals surface area contributed by atoms with Gasteiger partial charge in [-0.15, -0.1) is 10.2 Å². The second-order valence-corrected chi connectivity index (χ2v) is 9.36. The van der Waals surface area contributed by atoms with Gasteiger partial charge in [-0.05, 0) is 24.1 Å². The molecule has 0 unspecified atom stereocenters. The van der Waals surface area contributed by atoms with E-state index >= 15 is 0 Å². The Hall–Kier alpha value is -2.33. The third kappa shape index (κ3) is 7.21. The van der Waals surface area contributed by atoms with Crippen molar-refractivity contribution in [1.29, 1.82) is 0 Å². The number of ether oxygens (including phenoxy) is 2. The molecule has 0 radical (unpaired) electrons. The standard InChI is InChI=1S/C19H26N4O4S2/c1-19(2,3)16(25)21-17-22-23-18(29-17)28-11-15(24)20-9-8-12-6-7-13(26-4)14(10-12)27-5/h6-7,10H,8-9,11H2,1-5H3,(H,20,24)(H,21,22,25). The largest absolute Gasteiger partial charge is 0.493 e. The van der Waals surface area contributed by atoms with Gasteiger partial charge in [-0.25, -0.2) is 0 Å². The summed E-state index contributed by atoms with van der Waals surface area (Å²) in [6, 6.07) is 5.68. The van der Waals surface area contributed by atoms with Crippen molar-refractivity contribution in [3.63, 3.8) is 0 Å². The maximum atomic E-state index is 12.1. The fourth-order valence-electron chi connectivity index (χ4n) is 2.16. The molecule has 1 aromatic heterocycles. The van der Waals surface area contributed by atoms with Gasteiger partial charge in [0, 0.05) is 12.0 Å². The lowest BCUT2D eigenvalue weighted by Crippen LogP contribution is -2.27. The van der Waals surface area contributed by atoms with Crippen LogP contribution in [0.15, 0.2) is 22.5 Å². The third-order valence-corrected chi connectivity index (χ3v) is 5.79. The number of benzene rings is 1. The molecule has 158 valence electrons. The molecule has 0 spiro atoms. The van der Waals surface area contributed by atoms with Crippen LogP contribution in [-0.2, 0) is 16.0 Å². The molecular formula is C19H26N4O4S2. The van der Waals surface area contributed by atoms with E-state index in [9.17, 15) is 9.59 Å². The highest BCUT2D eigenvalue weighted by Crippen LogP contribution is 2.28. The lowest BCUT2D eigenvalue weighted by Gasteiger charge is -2.15. The number of methoxy groups -OCH3 is 2. The average Bonchev–Trinajstić information content (AvgIpc) is 3.12. The second-order valence-electron chi connectivity index (χ2n) is 7.16. The summed E-state index contributed by atoms with van der Waals surface area (Å²) >= 11 is 2.54. The molecule has 0 atom stereocenters. The summed E-state index contributed by atoms with van der Waals surface area (Å²) < 4.78 is 11.1. The first kappa shape index (κ1) is 23.0. The van der Waals surface area contributed by atoms with Gasteiger partial charge in [0.15, 0.2) is 15.8 Å². The fourth-order valence-corrected chi connectivity index (χ4v) is 3.74. The minimum Gasteiger partial charge on any atom is -0.493 e. The molecule has 2 N–H and O–H groups in total. The van der Waals surface area contributed by atoms with Crippen LogP contribution in [-0.4, -0.2) is 48.5 Å². The van der Waals surface area contributed by atoms with Gasteiger partial charge in [0.05, 0.1) is 20.0 Å². The smallest absolute Gasteiger partial charge is 0.231 e. The van der Waals surface area contributed by atoms with Crippen molar-refractivity contribution in [2.24, 2.45) is 5.41 Å². The van der Waals surface area contributed by atoms with Crippen molar-refractivity contribution in [2.75, 3.05) is 31.8 Å². The van der Waals surface area contributed by atoms with Crippen LogP contribution in [0.1, 0.15) is 26.3 Å². The van der Waals surface area contributed by atoms with E-state index in [1.807, 2.05) is 39.0 Å². The summed E-state index contributed by atoms with van der Waals surface area (Å²) in [7, 11) is 3.18. The average molecular weight is 439 g/mol. The van der Waals surface area contributed by atoms with Crippen LogP contribution in [0.3, 0.4) is 0 Å². The van der Waals surface area contributed by atoms with Crippen LogP contribution < -0.4 is 20.1 Å². The Kier molecular flexibility index (Phi) is 8.27. The van der Waals surface area contributed by atoms with Crippen LogP contribution in [0.5, 0.6) is 11.5 Å². The first-order chi connectivity index (χ1) is 13.7. The van der Waals surface area contributed by atoms with Crippen molar-refractivity contribution < 1.29 is 19.1 Å². The zero-order valence-corrected chi connectivity index (χ0v) is 18.8. The number of hydrogen-bond acceptors (Lipinski definition) is 8. The lowest BCUT2D eigenvalue weighted by atomic mass is 9.96. The van der Waals surface area contributed by atoms with Gasteiger partial charge < -0.3 is 20.1 Å². The number of carbonyl (C=O) groups excluding carboxylic acids is 2. The van der Waals surface area contributed by atoms with Crippen molar-refractivity contribution in [2.45, 2.75) is 31.5 Å². The summed E-state index contributed by atoms with van der Waals surface area (Å²) in [6.45, 7) is 5.99. The van der Waals surface area contributed by atoms with Gasteiger partial charge in [-0.2, -0.15) is 0 Å². The SMILES string of the molecule is COc1ccc(CCNC(=O)CSc2nnc(NC(=O)C(C)(C)C)s2)cc1OC. The van der Waals surface area contributed by atoms with E-state index in [1.54, 1.807) is 14.2 Å². The van der Waals surface area contributed by atoms with E-state index in [4.69, 9.17) is 9.47 Å².